The molecule has 1 aromatic carbocycles. The molecule has 2 aromatic heterocycles. The molecule has 0 radical (unpaired) electrons. The van der Waals surface area contributed by atoms with Crippen molar-refractivity contribution in [1.29, 1.82) is 0 Å². The number of furan rings is 1. The summed E-state index contributed by atoms with van der Waals surface area (Å²) in [6.45, 7) is 0. The van der Waals surface area contributed by atoms with E-state index in [1.54, 1.807) is 23.9 Å². The van der Waals surface area contributed by atoms with Crippen molar-refractivity contribution >= 4 is 34.1 Å². The van der Waals surface area contributed by atoms with Gasteiger partial charge in [0.05, 0.1) is 6.26 Å². The van der Waals surface area contributed by atoms with Gasteiger partial charge in [-0.3, -0.25) is 10.1 Å². The maximum absolute atomic E-state index is 11.8. The summed E-state index contributed by atoms with van der Waals surface area (Å²) in [5, 5.41) is 12.1. The van der Waals surface area contributed by atoms with E-state index in [0.29, 0.717) is 5.13 Å². The van der Waals surface area contributed by atoms with Crippen LogP contribution in [0, 0.1) is 0 Å². The van der Waals surface area contributed by atoms with E-state index in [4.69, 9.17) is 4.42 Å². The predicted octanol–water partition coefficient (Wildman–Crippen LogP) is 3.82. The van der Waals surface area contributed by atoms with Crippen LogP contribution in [0.1, 0.15) is 21.1 Å². The summed E-state index contributed by atoms with van der Waals surface area (Å²) in [6.07, 6.45) is 1.46. The molecule has 3 rings (SSSR count). The molecule has 0 aliphatic carbocycles. The van der Waals surface area contributed by atoms with Crippen LogP contribution in [0.5, 0.6) is 0 Å². The first-order valence-electron chi connectivity index (χ1n) is 6.60. The van der Waals surface area contributed by atoms with Crippen molar-refractivity contribution in [1.82, 2.24) is 10.2 Å². The Balaban J connectivity index is 1.50. The molecule has 0 atom stereocenters. The Labute approximate surface area is 135 Å². The Morgan fingerprint density at radius 1 is 1.14 bits per heavy atom. The Bertz CT molecular complexity index is 726. The van der Waals surface area contributed by atoms with Gasteiger partial charge in [-0.05, 0) is 17.7 Å². The SMILES string of the molecule is O=C(Nc1nnc(CSCc2ccccc2)s1)c1ccco1. The van der Waals surface area contributed by atoms with Crippen LogP contribution in [0.15, 0.2) is 53.1 Å². The number of aromatic nitrogens is 2. The van der Waals surface area contributed by atoms with Crippen LogP contribution in [0.3, 0.4) is 0 Å². The molecular weight excluding hydrogens is 318 g/mol. The van der Waals surface area contributed by atoms with Crippen LogP contribution in [-0.2, 0) is 11.5 Å². The number of nitrogens with one attached hydrogen (secondary N) is 1. The first kappa shape index (κ1) is 14.8. The number of amides is 1. The van der Waals surface area contributed by atoms with Crippen molar-refractivity contribution in [2.45, 2.75) is 11.5 Å². The zero-order valence-corrected chi connectivity index (χ0v) is 13.2. The van der Waals surface area contributed by atoms with E-state index in [1.807, 2.05) is 18.2 Å². The predicted molar refractivity (Wildman–Crippen MR) is 88.0 cm³/mol. The van der Waals surface area contributed by atoms with Gasteiger partial charge in [-0.2, -0.15) is 0 Å². The molecule has 0 fully saturated rings. The molecule has 0 spiro atoms. The van der Waals surface area contributed by atoms with Gasteiger partial charge < -0.3 is 4.42 Å². The highest BCUT2D eigenvalue weighted by atomic mass is 32.2. The molecule has 22 heavy (non-hydrogen) atoms. The maximum atomic E-state index is 11.8. The summed E-state index contributed by atoms with van der Waals surface area (Å²) in [6, 6.07) is 13.5. The van der Waals surface area contributed by atoms with Gasteiger partial charge >= 0.3 is 0 Å². The zero-order chi connectivity index (χ0) is 15.2. The molecule has 1 amide bonds. The van der Waals surface area contributed by atoms with Gasteiger partial charge in [-0.15, -0.1) is 22.0 Å². The number of hydrogen-bond acceptors (Lipinski definition) is 6. The smallest absolute Gasteiger partial charge is 0.293 e. The molecule has 0 aliphatic heterocycles. The van der Waals surface area contributed by atoms with Crippen LogP contribution in [-0.4, -0.2) is 16.1 Å². The largest absolute Gasteiger partial charge is 0.459 e. The lowest BCUT2D eigenvalue weighted by Crippen LogP contribution is -2.10. The van der Waals surface area contributed by atoms with E-state index in [1.165, 1.54) is 23.2 Å². The maximum Gasteiger partial charge on any atom is 0.293 e. The van der Waals surface area contributed by atoms with E-state index in [-0.39, 0.29) is 11.7 Å². The average molecular weight is 331 g/mol. The van der Waals surface area contributed by atoms with Crippen LogP contribution in [0.2, 0.25) is 0 Å². The van der Waals surface area contributed by atoms with E-state index in [9.17, 15) is 4.79 Å². The number of carbonyl (C=O) groups excluding carboxylic acids is 1. The molecule has 5 nitrogen and oxygen atoms in total. The van der Waals surface area contributed by atoms with Gasteiger partial charge in [0.2, 0.25) is 5.13 Å². The van der Waals surface area contributed by atoms with Crippen molar-refractivity contribution in [2.75, 3.05) is 5.32 Å². The number of benzene rings is 1. The van der Waals surface area contributed by atoms with Crippen LogP contribution in [0.25, 0.3) is 0 Å². The molecular formula is C15H13N3O2S2. The summed E-state index contributed by atoms with van der Waals surface area (Å²) in [4.78, 5) is 11.8. The molecule has 112 valence electrons. The lowest BCUT2D eigenvalue weighted by Gasteiger charge is -1.98. The van der Waals surface area contributed by atoms with E-state index in [0.717, 1.165) is 16.5 Å². The molecule has 0 aliphatic rings. The molecule has 0 saturated carbocycles. The quantitative estimate of drug-likeness (QED) is 0.744. The molecule has 1 N–H and O–H groups in total. The second-order valence-corrected chi connectivity index (χ2v) is 6.46. The van der Waals surface area contributed by atoms with Crippen molar-refractivity contribution in [3.05, 3.63) is 65.1 Å². The van der Waals surface area contributed by atoms with Crippen molar-refractivity contribution in [3.63, 3.8) is 0 Å². The second-order valence-electron chi connectivity index (χ2n) is 4.41. The normalized spacial score (nSPS) is 10.5. The van der Waals surface area contributed by atoms with Gasteiger partial charge in [0.25, 0.3) is 5.91 Å². The van der Waals surface area contributed by atoms with E-state index < -0.39 is 0 Å². The number of carbonyl (C=O) groups is 1. The van der Waals surface area contributed by atoms with Crippen LogP contribution >= 0.6 is 23.1 Å². The molecule has 0 bridgehead atoms. The number of nitrogens with zero attached hydrogens (tertiary/aromatic N) is 2. The summed E-state index contributed by atoms with van der Waals surface area (Å²) in [7, 11) is 0. The third kappa shape index (κ3) is 3.96. The third-order valence-electron chi connectivity index (χ3n) is 2.77. The monoisotopic (exact) mass is 331 g/mol. The standard InChI is InChI=1S/C15H13N3O2S2/c19-14(12-7-4-8-20-12)16-15-18-17-13(22-15)10-21-9-11-5-2-1-3-6-11/h1-8H,9-10H2,(H,16,18,19). The zero-order valence-electron chi connectivity index (χ0n) is 11.6. The van der Waals surface area contributed by atoms with E-state index in [2.05, 4.69) is 27.6 Å². The van der Waals surface area contributed by atoms with Gasteiger partial charge in [-0.1, -0.05) is 41.7 Å². The lowest BCUT2D eigenvalue weighted by molar-refractivity contribution is 0.0996. The minimum atomic E-state index is -0.315. The minimum Gasteiger partial charge on any atom is -0.459 e. The molecule has 3 aromatic rings. The fraction of sp³-hybridized carbons (Fsp3) is 0.133. The Morgan fingerprint density at radius 3 is 2.77 bits per heavy atom. The van der Waals surface area contributed by atoms with Gasteiger partial charge in [0, 0.05) is 11.5 Å². The highest BCUT2D eigenvalue weighted by molar-refractivity contribution is 7.97. The van der Waals surface area contributed by atoms with E-state index >= 15 is 0 Å². The van der Waals surface area contributed by atoms with Gasteiger partial charge in [0.15, 0.2) is 5.76 Å². The number of rotatable bonds is 6. The topological polar surface area (TPSA) is 68.0 Å². The minimum absolute atomic E-state index is 0.259. The summed E-state index contributed by atoms with van der Waals surface area (Å²) in [5.74, 6) is 1.64. The number of hydrogen-bond donors (Lipinski definition) is 1. The van der Waals surface area contributed by atoms with Gasteiger partial charge in [0.1, 0.15) is 5.01 Å². The van der Waals surface area contributed by atoms with Crippen molar-refractivity contribution in [3.8, 4) is 0 Å². The third-order valence-corrected chi connectivity index (χ3v) is 4.81. The van der Waals surface area contributed by atoms with Crippen molar-refractivity contribution < 1.29 is 9.21 Å². The number of anilines is 1. The first-order chi connectivity index (χ1) is 10.8. The first-order valence-corrected chi connectivity index (χ1v) is 8.57. The Kier molecular flexibility index (Phi) is 4.87. The van der Waals surface area contributed by atoms with Crippen LogP contribution in [0.4, 0.5) is 5.13 Å². The Morgan fingerprint density at radius 2 is 2.00 bits per heavy atom. The fourth-order valence-corrected chi connectivity index (χ4v) is 3.54. The average Bonchev–Trinajstić information content (AvgIpc) is 3.20. The molecule has 7 heteroatoms. The van der Waals surface area contributed by atoms with Crippen molar-refractivity contribution in [2.24, 2.45) is 0 Å². The Hall–Kier alpha value is -2.12. The number of thioether (sulfide) groups is 1. The summed E-state index contributed by atoms with van der Waals surface area (Å²) >= 11 is 3.14. The molecule has 2 heterocycles. The molecule has 0 saturated heterocycles. The summed E-state index contributed by atoms with van der Waals surface area (Å²) < 4.78 is 5.03. The van der Waals surface area contributed by atoms with Gasteiger partial charge in [-0.25, -0.2) is 0 Å². The second kappa shape index (κ2) is 7.24. The lowest BCUT2D eigenvalue weighted by atomic mass is 10.2. The summed E-state index contributed by atoms with van der Waals surface area (Å²) in [5.41, 5.74) is 1.28. The van der Waals surface area contributed by atoms with Crippen LogP contribution < -0.4 is 5.32 Å². The fourth-order valence-electron chi connectivity index (χ4n) is 1.76. The molecule has 0 unspecified atom stereocenters. The highest BCUT2D eigenvalue weighted by Crippen LogP contribution is 2.23. The highest BCUT2D eigenvalue weighted by Gasteiger charge is 2.12.